The molecule has 1 saturated heterocycles. The second kappa shape index (κ2) is 8.20. The lowest BCUT2D eigenvalue weighted by molar-refractivity contribution is -0.149. The number of ether oxygens (including phenoxy) is 2. The Kier molecular flexibility index (Phi) is 5.59. The predicted octanol–water partition coefficient (Wildman–Crippen LogP) is 1.95. The van der Waals surface area contributed by atoms with Crippen LogP contribution < -0.4 is 5.32 Å². The molecule has 3 heterocycles. The van der Waals surface area contributed by atoms with Crippen LogP contribution in [0.3, 0.4) is 0 Å². The van der Waals surface area contributed by atoms with Crippen LogP contribution in [0.15, 0.2) is 36.7 Å². The largest absolute Gasteiger partial charge is 0.463 e. The highest BCUT2D eigenvalue weighted by Crippen LogP contribution is 2.42. The molecule has 0 bridgehead atoms. The van der Waals surface area contributed by atoms with E-state index in [4.69, 9.17) is 9.47 Å². The van der Waals surface area contributed by atoms with Crippen LogP contribution >= 0.6 is 0 Å². The number of nitrogens with one attached hydrogen (secondary N) is 1. The summed E-state index contributed by atoms with van der Waals surface area (Å²) in [6.45, 7) is 2.68. The highest BCUT2D eigenvalue weighted by Gasteiger charge is 2.55. The Balaban J connectivity index is 1.51. The van der Waals surface area contributed by atoms with Crippen LogP contribution in [-0.2, 0) is 20.7 Å². The predicted molar refractivity (Wildman–Crippen MR) is 110 cm³/mol. The number of aryl methyl sites for hydroxylation is 1. The molecule has 2 aromatic heterocycles. The van der Waals surface area contributed by atoms with Crippen molar-refractivity contribution in [1.82, 2.24) is 19.5 Å². The third-order valence-corrected chi connectivity index (χ3v) is 5.34. The zero-order chi connectivity index (χ0) is 22.2. The smallest absolute Gasteiger partial charge is 0.310 e. The summed E-state index contributed by atoms with van der Waals surface area (Å²) in [5, 5.41) is 13.5. The first-order valence-electron chi connectivity index (χ1n) is 9.92. The van der Waals surface area contributed by atoms with Crippen molar-refractivity contribution in [3.63, 3.8) is 0 Å². The number of rotatable bonds is 6. The molecule has 9 nitrogen and oxygen atoms in total. The van der Waals surface area contributed by atoms with Gasteiger partial charge in [0.25, 0.3) is 0 Å². The number of hydrogen-bond donors (Lipinski definition) is 2. The fourth-order valence-corrected chi connectivity index (χ4v) is 3.71. The molecule has 0 spiro atoms. The molecule has 0 radical (unpaired) electrons. The second-order valence-electron chi connectivity index (χ2n) is 7.66. The van der Waals surface area contributed by atoms with E-state index in [1.807, 2.05) is 30.3 Å². The Labute approximate surface area is 178 Å². The Morgan fingerprint density at radius 1 is 1.35 bits per heavy atom. The normalized spacial score (nSPS) is 25.6. The van der Waals surface area contributed by atoms with Gasteiger partial charge in [0, 0.05) is 7.05 Å². The number of anilines is 1. The number of carbonyl (C=O) groups is 1. The van der Waals surface area contributed by atoms with Gasteiger partial charge in [0.15, 0.2) is 28.9 Å². The summed E-state index contributed by atoms with van der Waals surface area (Å²) in [7, 11) is 1.70. The van der Waals surface area contributed by atoms with Gasteiger partial charge in [-0.1, -0.05) is 30.3 Å². The number of aromatic nitrogens is 4. The van der Waals surface area contributed by atoms with Gasteiger partial charge in [-0.15, -0.1) is 0 Å². The number of aliphatic hydroxyl groups is 1. The van der Waals surface area contributed by atoms with Crippen molar-refractivity contribution in [3.8, 4) is 0 Å². The molecule has 0 unspecified atom stereocenters. The summed E-state index contributed by atoms with van der Waals surface area (Å²) in [5.41, 5.74) is -0.531. The van der Waals surface area contributed by atoms with Crippen LogP contribution in [0.4, 0.5) is 10.2 Å². The van der Waals surface area contributed by atoms with Crippen LogP contribution in [-0.4, -0.2) is 62.1 Å². The van der Waals surface area contributed by atoms with Crippen molar-refractivity contribution in [2.75, 3.05) is 19.0 Å². The van der Waals surface area contributed by atoms with E-state index in [0.717, 1.165) is 5.56 Å². The van der Waals surface area contributed by atoms with Gasteiger partial charge >= 0.3 is 5.97 Å². The first kappa shape index (κ1) is 21.1. The zero-order valence-electron chi connectivity index (χ0n) is 17.4. The quantitative estimate of drug-likeness (QED) is 0.572. The molecular formula is C21H24FN5O4. The minimum absolute atomic E-state index is 0.0785. The molecule has 2 N–H and O–H groups in total. The standard InChI is InChI=1S/C21H24FN5O4/c1-12-25-18(23-3)16-19(26-12)27(11-24-16)20-21(2,22)17(29)14(31-20)10-30-15(28)9-13-7-5-4-6-8-13/h4-8,11,14,17,20,29H,9-10H2,1-3H3,(H,23,25,26)/t14-,17-,20-,21-/m1/s1. The molecule has 3 aromatic rings. The average molecular weight is 429 g/mol. The number of benzene rings is 1. The molecule has 164 valence electrons. The van der Waals surface area contributed by atoms with Gasteiger partial charge in [0.2, 0.25) is 0 Å². The number of imidazole rings is 1. The van der Waals surface area contributed by atoms with E-state index in [2.05, 4.69) is 20.3 Å². The minimum Gasteiger partial charge on any atom is -0.463 e. The number of alkyl halides is 1. The lowest BCUT2D eigenvalue weighted by Crippen LogP contribution is -2.41. The molecule has 10 heteroatoms. The summed E-state index contributed by atoms with van der Waals surface area (Å²) in [6, 6.07) is 9.12. The Hall–Kier alpha value is -3.11. The fourth-order valence-electron chi connectivity index (χ4n) is 3.71. The number of esters is 1. The summed E-state index contributed by atoms with van der Waals surface area (Å²) >= 11 is 0. The van der Waals surface area contributed by atoms with Crippen molar-refractivity contribution in [1.29, 1.82) is 0 Å². The maximum absolute atomic E-state index is 15.5. The van der Waals surface area contributed by atoms with Gasteiger partial charge < -0.3 is 19.9 Å². The number of fused-ring (bicyclic) bond motifs is 1. The molecule has 4 atom stereocenters. The van der Waals surface area contributed by atoms with E-state index in [0.29, 0.717) is 22.8 Å². The summed E-state index contributed by atoms with van der Waals surface area (Å²) in [4.78, 5) is 25.0. The lowest BCUT2D eigenvalue weighted by Gasteiger charge is -2.24. The topological polar surface area (TPSA) is 111 Å². The first-order chi connectivity index (χ1) is 14.8. The molecule has 1 aromatic carbocycles. The maximum atomic E-state index is 15.5. The third-order valence-electron chi connectivity index (χ3n) is 5.34. The molecule has 1 fully saturated rings. The van der Waals surface area contributed by atoms with E-state index in [1.54, 1.807) is 14.0 Å². The van der Waals surface area contributed by atoms with Gasteiger partial charge in [-0.2, -0.15) is 0 Å². The van der Waals surface area contributed by atoms with E-state index < -0.39 is 30.1 Å². The van der Waals surface area contributed by atoms with E-state index in [9.17, 15) is 9.90 Å². The van der Waals surface area contributed by atoms with Crippen molar-refractivity contribution in [2.45, 2.75) is 44.4 Å². The van der Waals surface area contributed by atoms with Gasteiger partial charge in [0.05, 0.1) is 12.7 Å². The molecule has 4 rings (SSSR count). The third kappa shape index (κ3) is 3.96. The highest BCUT2D eigenvalue weighted by molar-refractivity contribution is 5.83. The molecule has 0 amide bonds. The van der Waals surface area contributed by atoms with Gasteiger partial charge in [-0.25, -0.2) is 19.3 Å². The number of halogens is 1. The summed E-state index contributed by atoms with van der Waals surface area (Å²) in [5.74, 6) is 0.497. The summed E-state index contributed by atoms with van der Waals surface area (Å²) in [6.07, 6.45) is -2.27. The Morgan fingerprint density at radius 3 is 2.81 bits per heavy atom. The molecule has 1 aliphatic rings. The molecule has 1 aliphatic heterocycles. The maximum Gasteiger partial charge on any atom is 0.310 e. The van der Waals surface area contributed by atoms with Crippen LogP contribution in [0.2, 0.25) is 0 Å². The number of nitrogens with zero attached hydrogens (tertiary/aromatic N) is 4. The SMILES string of the molecule is CNc1nc(C)nc2c1ncn2[C@@H]1O[C@H](COC(=O)Cc2ccccc2)[C@@H](O)[C@@]1(C)F. The molecule has 0 aliphatic carbocycles. The van der Waals surface area contributed by atoms with E-state index in [1.165, 1.54) is 17.8 Å². The second-order valence-corrected chi connectivity index (χ2v) is 7.66. The van der Waals surface area contributed by atoms with Gasteiger partial charge in [0.1, 0.15) is 24.6 Å². The minimum atomic E-state index is -2.16. The van der Waals surface area contributed by atoms with Gasteiger partial charge in [-0.05, 0) is 19.4 Å². The van der Waals surface area contributed by atoms with Crippen LogP contribution in [0.1, 0.15) is 24.5 Å². The van der Waals surface area contributed by atoms with Crippen molar-refractivity contribution in [2.24, 2.45) is 0 Å². The number of aliphatic hydroxyl groups excluding tert-OH is 1. The Bertz CT molecular complexity index is 1090. The van der Waals surface area contributed by atoms with Gasteiger partial charge in [-0.3, -0.25) is 9.36 Å². The molecule has 31 heavy (non-hydrogen) atoms. The van der Waals surface area contributed by atoms with Crippen molar-refractivity contribution >= 4 is 23.0 Å². The van der Waals surface area contributed by atoms with E-state index in [-0.39, 0.29) is 13.0 Å². The van der Waals surface area contributed by atoms with Crippen LogP contribution in [0, 0.1) is 6.92 Å². The Morgan fingerprint density at radius 2 is 2.10 bits per heavy atom. The number of hydrogen-bond acceptors (Lipinski definition) is 8. The molecule has 0 saturated carbocycles. The average Bonchev–Trinajstić information content (AvgIpc) is 3.25. The van der Waals surface area contributed by atoms with Crippen LogP contribution in [0.5, 0.6) is 0 Å². The zero-order valence-corrected chi connectivity index (χ0v) is 17.4. The fraction of sp³-hybridized carbons (Fsp3) is 0.429. The van der Waals surface area contributed by atoms with Crippen LogP contribution in [0.25, 0.3) is 11.2 Å². The van der Waals surface area contributed by atoms with Crippen molar-refractivity contribution in [3.05, 3.63) is 48.0 Å². The first-order valence-corrected chi connectivity index (χ1v) is 9.92. The molecular weight excluding hydrogens is 405 g/mol. The monoisotopic (exact) mass is 429 g/mol. The number of carbonyl (C=O) groups excluding carboxylic acids is 1. The van der Waals surface area contributed by atoms with Crippen molar-refractivity contribution < 1.29 is 23.8 Å². The lowest BCUT2D eigenvalue weighted by atomic mass is 9.98. The summed E-state index contributed by atoms with van der Waals surface area (Å²) < 4.78 is 28.0. The highest BCUT2D eigenvalue weighted by atomic mass is 19.1. The van der Waals surface area contributed by atoms with E-state index >= 15 is 4.39 Å².